The van der Waals surface area contributed by atoms with Crippen LogP contribution in [0.25, 0.3) is 10.9 Å². The number of nitriles is 1. The highest BCUT2D eigenvalue weighted by Crippen LogP contribution is 2.32. The van der Waals surface area contributed by atoms with Gasteiger partial charge in [0, 0.05) is 22.6 Å². The number of halogens is 4. The molecule has 0 spiro atoms. The lowest BCUT2D eigenvalue weighted by molar-refractivity contribution is -0.141. The number of aliphatic hydroxyl groups is 1. The first-order chi connectivity index (χ1) is 18.1. The van der Waals surface area contributed by atoms with E-state index in [-0.39, 0.29) is 47.5 Å². The lowest BCUT2D eigenvalue weighted by atomic mass is 10.1. The first kappa shape index (κ1) is 26.8. The number of anilines is 1. The molecule has 2 aromatic heterocycles. The maximum atomic E-state index is 13.5. The van der Waals surface area contributed by atoms with E-state index in [1.807, 2.05) is 6.07 Å². The predicted molar refractivity (Wildman–Crippen MR) is 134 cm³/mol. The average molecular weight is 587 g/mol. The van der Waals surface area contributed by atoms with Crippen molar-refractivity contribution in [1.29, 1.82) is 5.26 Å². The van der Waals surface area contributed by atoms with Gasteiger partial charge < -0.3 is 15.7 Å². The molecule has 38 heavy (non-hydrogen) atoms. The van der Waals surface area contributed by atoms with Gasteiger partial charge in [0.1, 0.15) is 5.69 Å². The molecule has 0 saturated heterocycles. The summed E-state index contributed by atoms with van der Waals surface area (Å²) in [6.45, 7) is -0.241. The summed E-state index contributed by atoms with van der Waals surface area (Å²) in [5.41, 5.74) is -0.624. The van der Waals surface area contributed by atoms with Crippen molar-refractivity contribution in [1.82, 2.24) is 20.1 Å². The second-order valence-electron chi connectivity index (χ2n) is 8.05. The zero-order chi connectivity index (χ0) is 27.4. The summed E-state index contributed by atoms with van der Waals surface area (Å²) in [6, 6.07) is 13.6. The van der Waals surface area contributed by atoms with Gasteiger partial charge in [-0.3, -0.25) is 14.3 Å². The number of rotatable bonds is 7. The van der Waals surface area contributed by atoms with Crippen molar-refractivity contribution in [2.24, 2.45) is 0 Å². The van der Waals surface area contributed by atoms with Gasteiger partial charge in [-0.25, -0.2) is 4.98 Å². The Morgan fingerprint density at radius 2 is 1.84 bits per heavy atom. The summed E-state index contributed by atoms with van der Waals surface area (Å²) in [4.78, 5) is 29.6. The quantitative estimate of drug-likeness (QED) is 0.298. The van der Waals surface area contributed by atoms with Crippen molar-refractivity contribution >= 4 is 44.3 Å². The molecule has 0 aliphatic heterocycles. The van der Waals surface area contributed by atoms with Crippen LogP contribution in [0, 0.1) is 11.3 Å². The van der Waals surface area contributed by atoms with Crippen LogP contribution in [0.3, 0.4) is 0 Å². The van der Waals surface area contributed by atoms with E-state index in [0.717, 1.165) is 5.56 Å². The fourth-order valence-corrected chi connectivity index (χ4v) is 3.97. The van der Waals surface area contributed by atoms with Gasteiger partial charge in [-0.2, -0.15) is 23.5 Å². The zero-order valence-corrected chi connectivity index (χ0v) is 21.0. The topological polar surface area (TPSA) is 133 Å². The molecule has 0 atom stereocenters. The second kappa shape index (κ2) is 11.0. The molecule has 194 valence electrons. The van der Waals surface area contributed by atoms with Gasteiger partial charge in [0.2, 0.25) is 0 Å². The molecule has 4 aromatic rings. The number of alkyl halides is 3. The van der Waals surface area contributed by atoms with Gasteiger partial charge in [0.05, 0.1) is 41.6 Å². The van der Waals surface area contributed by atoms with Crippen molar-refractivity contribution in [2.75, 3.05) is 18.5 Å². The number of hydrogen-bond donors (Lipinski definition) is 3. The molecule has 0 aliphatic rings. The number of aliphatic hydroxyl groups excluding tert-OH is 1. The smallest absolute Gasteiger partial charge is 0.395 e. The van der Waals surface area contributed by atoms with Crippen molar-refractivity contribution in [3.05, 3.63) is 87.3 Å². The first-order valence-corrected chi connectivity index (χ1v) is 11.8. The number of carbonyl (C=O) groups excluding carboxylic acids is 2. The third kappa shape index (κ3) is 5.99. The normalized spacial score (nSPS) is 11.3. The molecule has 0 aliphatic carbocycles. The minimum Gasteiger partial charge on any atom is -0.395 e. The summed E-state index contributed by atoms with van der Waals surface area (Å²) < 4.78 is 42.4. The molecule has 2 amide bonds. The van der Waals surface area contributed by atoms with Crippen LogP contribution in [0.1, 0.15) is 37.7 Å². The van der Waals surface area contributed by atoms with Gasteiger partial charge in [-0.15, -0.1) is 0 Å². The average Bonchev–Trinajstić information content (AvgIpc) is 3.28. The number of carbonyl (C=O) groups is 2. The van der Waals surface area contributed by atoms with Gasteiger partial charge in [0.15, 0.2) is 5.69 Å². The second-order valence-corrected chi connectivity index (χ2v) is 8.96. The van der Waals surface area contributed by atoms with Gasteiger partial charge >= 0.3 is 6.18 Å². The van der Waals surface area contributed by atoms with E-state index in [1.165, 1.54) is 29.1 Å². The first-order valence-electron chi connectivity index (χ1n) is 11.0. The predicted octanol–water partition coefficient (Wildman–Crippen LogP) is 4.11. The molecule has 13 heteroatoms. The minimum atomic E-state index is -4.79. The fourth-order valence-electron chi connectivity index (χ4n) is 3.61. The van der Waals surface area contributed by atoms with Crippen molar-refractivity contribution in [3.63, 3.8) is 0 Å². The fraction of sp³-hybridized carbons (Fsp3) is 0.160. The van der Waals surface area contributed by atoms with Crippen LogP contribution in [0.15, 0.2) is 59.2 Å². The van der Waals surface area contributed by atoms with Gasteiger partial charge in [0.25, 0.3) is 11.8 Å². The van der Waals surface area contributed by atoms with Crippen LogP contribution in [-0.2, 0) is 12.7 Å². The zero-order valence-electron chi connectivity index (χ0n) is 19.4. The Kier molecular flexibility index (Phi) is 7.75. The minimum absolute atomic E-state index is 0.0365. The lowest BCUT2D eigenvalue weighted by Crippen LogP contribution is -2.28. The van der Waals surface area contributed by atoms with E-state index in [4.69, 9.17) is 10.4 Å². The largest absolute Gasteiger partial charge is 0.433 e. The van der Waals surface area contributed by atoms with E-state index in [1.54, 1.807) is 24.3 Å². The van der Waals surface area contributed by atoms with Crippen LogP contribution < -0.4 is 10.6 Å². The molecule has 9 nitrogen and oxygen atoms in total. The molecular formula is C25H18BrF3N6O3. The number of aromatic nitrogens is 3. The highest BCUT2D eigenvalue weighted by molar-refractivity contribution is 9.10. The maximum absolute atomic E-state index is 13.5. The van der Waals surface area contributed by atoms with E-state index < -0.39 is 23.7 Å². The Hall–Kier alpha value is -4.28. The number of nitrogens with zero attached hydrogens (tertiary/aromatic N) is 4. The molecule has 2 aromatic carbocycles. The van der Waals surface area contributed by atoms with E-state index >= 15 is 0 Å². The Morgan fingerprint density at radius 3 is 2.50 bits per heavy atom. The number of hydrogen-bond acceptors (Lipinski definition) is 6. The molecule has 0 unspecified atom stereocenters. The summed E-state index contributed by atoms with van der Waals surface area (Å²) in [5, 5.41) is 27.4. The van der Waals surface area contributed by atoms with Crippen molar-refractivity contribution < 1.29 is 27.9 Å². The van der Waals surface area contributed by atoms with Crippen molar-refractivity contribution in [2.45, 2.75) is 12.7 Å². The number of benzene rings is 2. The maximum Gasteiger partial charge on any atom is 0.433 e. The van der Waals surface area contributed by atoms with Crippen LogP contribution in [0.4, 0.5) is 18.9 Å². The molecule has 2 heterocycles. The van der Waals surface area contributed by atoms with Gasteiger partial charge in [-0.1, -0.05) is 28.1 Å². The standard InChI is InChI=1S/C25H18BrF3N6O3/c26-16-5-6-19-17(9-16)18(10-21(32-19)25(27,28)29)23(37)33-20-13-35(34-22(20)24(38)31-7-8-36)12-15-3-1-14(11-30)2-4-15/h1-6,9-10,13,36H,7-8,12H2,(H,31,38)(H,33,37). The summed E-state index contributed by atoms with van der Waals surface area (Å²) in [5.74, 6) is -1.61. The van der Waals surface area contributed by atoms with E-state index in [0.29, 0.717) is 16.1 Å². The Labute approximate surface area is 222 Å². The molecule has 0 saturated carbocycles. The Balaban J connectivity index is 1.72. The Morgan fingerprint density at radius 1 is 1.11 bits per heavy atom. The highest BCUT2D eigenvalue weighted by Gasteiger charge is 2.34. The lowest BCUT2D eigenvalue weighted by Gasteiger charge is -2.12. The molecule has 0 bridgehead atoms. The number of fused-ring (bicyclic) bond motifs is 1. The molecular weight excluding hydrogens is 569 g/mol. The van der Waals surface area contributed by atoms with E-state index in [2.05, 4.69) is 36.6 Å². The molecule has 0 radical (unpaired) electrons. The molecule has 0 fully saturated rings. The number of nitrogens with one attached hydrogen (secondary N) is 2. The summed E-state index contributed by atoms with van der Waals surface area (Å²) in [7, 11) is 0. The van der Waals surface area contributed by atoms with Crippen LogP contribution in [0.5, 0.6) is 0 Å². The summed E-state index contributed by atoms with van der Waals surface area (Å²) >= 11 is 3.25. The van der Waals surface area contributed by atoms with Crippen LogP contribution in [0.2, 0.25) is 0 Å². The Bertz CT molecular complexity index is 1560. The number of pyridine rings is 1. The van der Waals surface area contributed by atoms with E-state index in [9.17, 15) is 22.8 Å². The SMILES string of the molecule is N#Cc1ccc(Cn2cc(NC(=O)c3cc(C(F)(F)F)nc4ccc(Br)cc34)c(C(=O)NCCO)n2)cc1. The van der Waals surface area contributed by atoms with Crippen LogP contribution in [-0.4, -0.2) is 44.8 Å². The third-order valence-corrected chi connectivity index (χ3v) is 5.85. The molecule has 4 rings (SSSR count). The molecule has 3 N–H and O–H groups in total. The number of amides is 2. The van der Waals surface area contributed by atoms with Gasteiger partial charge in [-0.05, 0) is 42.0 Å². The van der Waals surface area contributed by atoms with Crippen LogP contribution >= 0.6 is 15.9 Å². The monoisotopic (exact) mass is 586 g/mol. The summed E-state index contributed by atoms with van der Waals surface area (Å²) in [6.07, 6.45) is -3.43. The third-order valence-electron chi connectivity index (χ3n) is 5.36. The highest BCUT2D eigenvalue weighted by atomic mass is 79.9. The van der Waals surface area contributed by atoms with Crippen molar-refractivity contribution in [3.8, 4) is 6.07 Å².